The van der Waals surface area contributed by atoms with Gasteiger partial charge in [0.15, 0.2) is 5.76 Å². The lowest BCUT2D eigenvalue weighted by Gasteiger charge is -2.07. The molecule has 150 valence electrons. The van der Waals surface area contributed by atoms with Crippen molar-refractivity contribution in [1.29, 1.82) is 0 Å². The number of aromatic nitrogens is 3. The van der Waals surface area contributed by atoms with Crippen molar-refractivity contribution >= 4 is 15.7 Å². The van der Waals surface area contributed by atoms with Crippen molar-refractivity contribution in [2.45, 2.75) is 18.7 Å². The Bertz CT molecular complexity index is 1330. The smallest absolute Gasteiger partial charge is 0.296 e. The number of hydrogen-bond donors (Lipinski definition) is 1. The van der Waals surface area contributed by atoms with Crippen LogP contribution in [-0.2, 0) is 17.1 Å². The van der Waals surface area contributed by atoms with Gasteiger partial charge in [0.1, 0.15) is 16.3 Å². The minimum Gasteiger partial charge on any atom is -0.456 e. The molecule has 0 radical (unpaired) electrons. The van der Waals surface area contributed by atoms with E-state index in [2.05, 4.69) is 9.88 Å². The van der Waals surface area contributed by atoms with E-state index in [-0.39, 0.29) is 22.1 Å². The highest BCUT2D eigenvalue weighted by Crippen LogP contribution is 2.29. The lowest BCUT2D eigenvalue weighted by Crippen LogP contribution is -2.23. The monoisotopic (exact) mass is 414 g/mol. The summed E-state index contributed by atoms with van der Waals surface area (Å²) in [6.45, 7) is 3.19. The highest BCUT2D eigenvalue weighted by atomic mass is 32.2. The molecule has 0 saturated heterocycles. The van der Waals surface area contributed by atoms with E-state index in [9.17, 15) is 13.2 Å². The second kappa shape index (κ2) is 6.82. The molecule has 3 heterocycles. The minimum absolute atomic E-state index is 0.0295. The summed E-state index contributed by atoms with van der Waals surface area (Å²) in [6, 6.07) is 11.9. The molecule has 0 aliphatic carbocycles. The summed E-state index contributed by atoms with van der Waals surface area (Å²) in [5, 5.41) is 3.58. The van der Waals surface area contributed by atoms with Crippen LogP contribution in [0.1, 0.15) is 11.5 Å². The van der Waals surface area contributed by atoms with E-state index in [0.717, 1.165) is 0 Å². The number of sulfonamides is 1. The maximum Gasteiger partial charge on any atom is 0.296 e. The van der Waals surface area contributed by atoms with Crippen LogP contribution in [-0.4, -0.2) is 22.9 Å². The number of nitrogens with one attached hydrogen (secondary N) is 1. The van der Waals surface area contributed by atoms with Gasteiger partial charge in [0, 0.05) is 19.2 Å². The summed E-state index contributed by atoms with van der Waals surface area (Å²) in [5.41, 5.74) is 0.592. The van der Waals surface area contributed by atoms with E-state index in [4.69, 9.17) is 8.94 Å². The van der Waals surface area contributed by atoms with Crippen LogP contribution >= 0.6 is 0 Å². The summed E-state index contributed by atoms with van der Waals surface area (Å²) in [4.78, 5) is 12.9. The van der Waals surface area contributed by atoms with Gasteiger partial charge in [0.25, 0.3) is 15.6 Å². The summed E-state index contributed by atoms with van der Waals surface area (Å²) in [6.07, 6.45) is 1.43. The van der Waals surface area contributed by atoms with Crippen LogP contribution in [0.4, 0.5) is 5.69 Å². The molecule has 1 aromatic carbocycles. The van der Waals surface area contributed by atoms with Crippen molar-refractivity contribution in [1.82, 2.24) is 14.5 Å². The second-order valence-electron chi connectivity index (χ2n) is 6.45. The van der Waals surface area contributed by atoms with Crippen molar-refractivity contribution in [2.24, 2.45) is 7.05 Å². The maximum absolute atomic E-state index is 13.0. The average Bonchev–Trinajstić information content (AvgIpc) is 3.39. The van der Waals surface area contributed by atoms with Crippen LogP contribution in [0, 0.1) is 13.8 Å². The van der Waals surface area contributed by atoms with E-state index in [1.54, 1.807) is 49.0 Å². The Labute approximate surface area is 166 Å². The van der Waals surface area contributed by atoms with Gasteiger partial charge in [-0.05, 0) is 26.0 Å². The molecule has 29 heavy (non-hydrogen) atoms. The predicted octanol–water partition coefficient (Wildman–Crippen LogP) is 2.84. The highest BCUT2D eigenvalue weighted by Gasteiger charge is 2.27. The fourth-order valence-electron chi connectivity index (χ4n) is 3.07. The first kappa shape index (κ1) is 18.8. The van der Waals surface area contributed by atoms with E-state index in [1.165, 1.54) is 23.9 Å². The van der Waals surface area contributed by atoms with Crippen LogP contribution < -0.4 is 10.3 Å². The van der Waals surface area contributed by atoms with E-state index in [1.807, 2.05) is 6.07 Å². The Balaban J connectivity index is 1.76. The molecule has 10 heteroatoms. The molecule has 0 bridgehead atoms. The van der Waals surface area contributed by atoms with Gasteiger partial charge in [-0.3, -0.25) is 14.2 Å². The zero-order valence-corrected chi connectivity index (χ0v) is 16.7. The first-order chi connectivity index (χ1) is 13.8. The fourth-order valence-corrected chi connectivity index (χ4v) is 4.37. The van der Waals surface area contributed by atoms with Gasteiger partial charge in [-0.15, -0.1) is 0 Å². The van der Waals surface area contributed by atoms with Gasteiger partial charge in [-0.1, -0.05) is 23.4 Å². The number of para-hydroxylation sites is 1. The number of nitrogens with zero attached hydrogens (tertiary/aromatic N) is 3. The molecule has 1 N–H and O–H groups in total. The van der Waals surface area contributed by atoms with Gasteiger partial charge in [0.05, 0.1) is 17.6 Å². The lowest BCUT2D eigenvalue weighted by molar-refractivity contribution is 0.414. The van der Waals surface area contributed by atoms with Gasteiger partial charge in [-0.2, -0.15) is 0 Å². The molecule has 4 aromatic rings. The molecule has 9 nitrogen and oxygen atoms in total. The van der Waals surface area contributed by atoms with Crippen LogP contribution in [0.15, 0.2) is 67.3 Å². The molecule has 0 saturated carbocycles. The normalized spacial score (nSPS) is 11.7. The number of benzene rings is 1. The number of anilines is 1. The molecule has 0 atom stereocenters. The Kier molecular flexibility index (Phi) is 4.42. The Morgan fingerprint density at radius 1 is 1.07 bits per heavy atom. The van der Waals surface area contributed by atoms with Crippen molar-refractivity contribution in [3.63, 3.8) is 0 Å². The topological polar surface area (TPSA) is 112 Å². The van der Waals surface area contributed by atoms with Gasteiger partial charge in [-0.25, -0.2) is 13.1 Å². The van der Waals surface area contributed by atoms with Gasteiger partial charge >= 0.3 is 0 Å². The van der Waals surface area contributed by atoms with Crippen LogP contribution in [0.3, 0.4) is 0 Å². The standard InChI is InChI=1S/C19H18N4O5S/c1-12-18(19(24)23(22(12)3)14-7-5-4-6-8-14)21-29(25,26)17-11-16(27-13(17)2)15-9-10-20-28-15/h4-11,21H,1-3H3. The third-order valence-electron chi connectivity index (χ3n) is 4.63. The maximum atomic E-state index is 13.0. The molecule has 0 spiro atoms. The summed E-state index contributed by atoms with van der Waals surface area (Å²) in [5.74, 6) is 0.699. The molecule has 3 aromatic heterocycles. The molecular formula is C19H18N4O5S. The molecular weight excluding hydrogens is 396 g/mol. The van der Waals surface area contributed by atoms with Crippen LogP contribution in [0.2, 0.25) is 0 Å². The Morgan fingerprint density at radius 3 is 2.45 bits per heavy atom. The summed E-state index contributed by atoms with van der Waals surface area (Å²) < 4.78 is 41.9. The average molecular weight is 414 g/mol. The second-order valence-corrected chi connectivity index (χ2v) is 8.10. The van der Waals surface area contributed by atoms with E-state index in [0.29, 0.717) is 17.1 Å². The largest absolute Gasteiger partial charge is 0.456 e. The molecule has 0 aliphatic rings. The minimum atomic E-state index is -4.08. The third-order valence-corrected chi connectivity index (χ3v) is 6.09. The first-order valence-corrected chi connectivity index (χ1v) is 10.2. The zero-order chi connectivity index (χ0) is 20.8. The highest BCUT2D eigenvalue weighted by molar-refractivity contribution is 7.92. The van der Waals surface area contributed by atoms with Crippen LogP contribution in [0.5, 0.6) is 0 Å². The van der Waals surface area contributed by atoms with Crippen molar-refractivity contribution in [3.8, 4) is 17.2 Å². The number of aryl methyl sites for hydroxylation is 1. The van der Waals surface area contributed by atoms with Gasteiger partial charge < -0.3 is 8.94 Å². The van der Waals surface area contributed by atoms with Crippen molar-refractivity contribution < 1.29 is 17.4 Å². The molecule has 0 fully saturated rings. The number of rotatable bonds is 5. The number of furan rings is 1. The zero-order valence-electron chi connectivity index (χ0n) is 15.9. The SMILES string of the molecule is Cc1oc(-c2ccno2)cc1S(=O)(=O)Nc1c(C)n(C)n(-c2ccccc2)c1=O. The van der Waals surface area contributed by atoms with E-state index < -0.39 is 15.6 Å². The lowest BCUT2D eigenvalue weighted by atomic mass is 10.3. The molecule has 0 unspecified atom stereocenters. The first-order valence-electron chi connectivity index (χ1n) is 8.68. The Morgan fingerprint density at radius 2 is 1.79 bits per heavy atom. The van der Waals surface area contributed by atoms with Crippen LogP contribution in [0.25, 0.3) is 17.2 Å². The van der Waals surface area contributed by atoms with Crippen molar-refractivity contribution in [2.75, 3.05) is 4.72 Å². The molecule has 0 amide bonds. The number of hydrogen-bond acceptors (Lipinski definition) is 6. The fraction of sp³-hybridized carbons (Fsp3) is 0.158. The summed E-state index contributed by atoms with van der Waals surface area (Å²) in [7, 11) is -2.39. The predicted molar refractivity (Wildman–Crippen MR) is 105 cm³/mol. The van der Waals surface area contributed by atoms with E-state index >= 15 is 0 Å². The third kappa shape index (κ3) is 3.17. The quantitative estimate of drug-likeness (QED) is 0.537. The summed E-state index contributed by atoms with van der Waals surface area (Å²) >= 11 is 0. The molecule has 4 rings (SSSR count). The van der Waals surface area contributed by atoms with Crippen molar-refractivity contribution in [3.05, 3.63) is 70.5 Å². The van der Waals surface area contributed by atoms with Gasteiger partial charge in [0.2, 0.25) is 5.76 Å². The Hall–Kier alpha value is -3.53. The molecule has 0 aliphatic heterocycles.